The van der Waals surface area contributed by atoms with Gasteiger partial charge in [0.2, 0.25) is 0 Å². The zero-order valence-corrected chi connectivity index (χ0v) is 14.6. The molecule has 4 heteroatoms. The molecule has 0 aliphatic carbocycles. The average molecular weight is 336 g/mol. The van der Waals surface area contributed by atoms with Gasteiger partial charge in [-0.1, -0.05) is 56.3 Å². The number of hydrogen-bond donors (Lipinski definition) is 1. The largest absolute Gasteiger partial charge is 0.298 e. The standard InChI is InChI=1S/C20H20N2OS/c1-14(2)18-13-24-20(21-18)22-19(23)17-10-8-16(9-11-17)12-15-6-4-3-5-7-15/h3-11,13-14H,12H2,1-2H3,(H,21,22,23). The number of benzene rings is 2. The quantitative estimate of drug-likeness (QED) is 0.703. The first-order chi connectivity index (χ1) is 11.6. The predicted molar refractivity (Wildman–Crippen MR) is 99.8 cm³/mol. The zero-order valence-electron chi connectivity index (χ0n) is 13.8. The number of hydrogen-bond acceptors (Lipinski definition) is 3. The molecule has 3 aromatic rings. The molecule has 0 bridgehead atoms. The first-order valence-electron chi connectivity index (χ1n) is 8.01. The van der Waals surface area contributed by atoms with E-state index in [1.54, 1.807) is 0 Å². The highest BCUT2D eigenvalue weighted by atomic mass is 32.1. The Morgan fingerprint density at radius 1 is 1.04 bits per heavy atom. The van der Waals surface area contributed by atoms with Crippen LogP contribution in [0.2, 0.25) is 0 Å². The molecule has 24 heavy (non-hydrogen) atoms. The third kappa shape index (κ3) is 4.09. The Morgan fingerprint density at radius 2 is 1.71 bits per heavy atom. The summed E-state index contributed by atoms with van der Waals surface area (Å²) in [5.41, 5.74) is 4.11. The molecule has 0 aliphatic heterocycles. The summed E-state index contributed by atoms with van der Waals surface area (Å²) in [5.74, 6) is 0.245. The number of nitrogens with one attached hydrogen (secondary N) is 1. The summed E-state index contributed by atoms with van der Waals surface area (Å²) < 4.78 is 0. The minimum atomic E-state index is -0.120. The van der Waals surface area contributed by atoms with Gasteiger partial charge in [0.25, 0.3) is 5.91 Å². The first-order valence-corrected chi connectivity index (χ1v) is 8.89. The van der Waals surface area contributed by atoms with Gasteiger partial charge in [0.15, 0.2) is 5.13 Å². The van der Waals surface area contributed by atoms with Crippen LogP contribution in [0.15, 0.2) is 60.0 Å². The highest BCUT2D eigenvalue weighted by molar-refractivity contribution is 7.14. The number of amides is 1. The van der Waals surface area contributed by atoms with Gasteiger partial charge in [-0.25, -0.2) is 4.98 Å². The second-order valence-electron chi connectivity index (χ2n) is 6.05. The highest BCUT2D eigenvalue weighted by Gasteiger charge is 2.10. The number of rotatable bonds is 5. The number of aromatic nitrogens is 1. The van der Waals surface area contributed by atoms with Crippen molar-refractivity contribution < 1.29 is 4.79 Å². The summed E-state index contributed by atoms with van der Waals surface area (Å²) in [7, 11) is 0. The highest BCUT2D eigenvalue weighted by Crippen LogP contribution is 2.22. The van der Waals surface area contributed by atoms with Crippen LogP contribution in [0.1, 0.15) is 46.9 Å². The van der Waals surface area contributed by atoms with Gasteiger partial charge in [0.05, 0.1) is 5.69 Å². The molecule has 0 radical (unpaired) electrons. The number of carbonyl (C=O) groups excluding carboxylic acids is 1. The SMILES string of the molecule is CC(C)c1csc(NC(=O)c2ccc(Cc3ccccc3)cc2)n1. The molecule has 1 N–H and O–H groups in total. The van der Waals surface area contributed by atoms with E-state index in [9.17, 15) is 4.79 Å². The molecule has 0 unspecified atom stereocenters. The molecule has 1 aromatic heterocycles. The number of carbonyl (C=O) groups is 1. The normalized spacial score (nSPS) is 10.8. The molecule has 1 heterocycles. The summed E-state index contributed by atoms with van der Waals surface area (Å²) in [6.07, 6.45) is 0.868. The lowest BCUT2D eigenvalue weighted by Gasteiger charge is -2.05. The van der Waals surface area contributed by atoms with Gasteiger partial charge in [-0.3, -0.25) is 10.1 Å². The van der Waals surface area contributed by atoms with Crippen molar-refractivity contribution in [3.63, 3.8) is 0 Å². The van der Waals surface area contributed by atoms with Gasteiger partial charge in [-0.2, -0.15) is 0 Å². The molecule has 122 valence electrons. The van der Waals surface area contributed by atoms with Crippen LogP contribution in [0, 0.1) is 0 Å². The summed E-state index contributed by atoms with van der Waals surface area (Å²) in [6.45, 7) is 4.18. The topological polar surface area (TPSA) is 42.0 Å². The Labute approximate surface area is 146 Å². The Hall–Kier alpha value is -2.46. The maximum atomic E-state index is 12.3. The average Bonchev–Trinajstić information content (AvgIpc) is 3.05. The maximum absolute atomic E-state index is 12.3. The second-order valence-corrected chi connectivity index (χ2v) is 6.90. The molecule has 2 aromatic carbocycles. The fraction of sp³-hybridized carbons (Fsp3) is 0.200. The molecule has 1 amide bonds. The van der Waals surface area contributed by atoms with Gasteiger partial charge in [0.1, 0.15) is 0 Å². The van der Waals surface area contributed by atoms with E-state index in [1.807, 2.05) is 47.8 Å². The van der Waals surface area contributed by atoms with Crippen LogP contribution < -0.4 is 5.32 Å². The van der Waals surface area contributed by atoms with Crippen LogP contribution in [0.3, 0.4) is 0 Å². The molecule has 0 fully saturated rings. The Balaban J connectivity index is 1.65. The lowest BCUT2D eigenvalue weighted by atomic mass is 10.0. The van der Waals surface area contributed by atoms with Gasteiger partial charge < -0.3 is 0 Å². The van der Waals surface area contributed by atoms with E-state index in [4.69, 9.17) is 0 Å². The molecule has 3 rings (SSSR count). The lowest BCUT2D eigenvalue weighted by molar-refractivity contribution is 0.102. The van der Waals surface area contributed by atoms with E-state index in [-0.39, 0.29) is 5.91 Å². The Kier molecular flexibility index (Phi) is 5.06. The molecular weight excluding hydrogens is 316 g/mol. The Morgan fingerprint density at radius 3 is 2.33 bits per heavy atom. The van der Waals surface area contributed by atoms with Gasteiger partial charge in [-0.05, 0) is 35.6 Å². The second kappa shape index (κ2) is 7.41. The van der Waals surface area contributed by atoms with Gasteiger partial charge in [0, 0.05) is 10.9 Å². The number of thiazole rings is 1. The van der Waals surface area contributed by atoms with Crippen molar-refractivity contribution in [1.29, 1.82) is 0 Å². The number of anilines is 1. The van der Waals surface area contributed by atoms with E-state index in [2.05, 4.69) is 36.3 Å². The molecular formula is C20H20N2OS. The zero-order chi connectivity index (χ0) is 16.9. The smallest absolute Gasteiger partial charge is 0.257 e. The van der Waals surface area contributed by atoms with Crippen LogP contribution in [-0.4, -0.2) is 10.9 Å². The van der Waals surface area contributed by atoms with Crippen LogP contribution in [0.25, 0.3) is 0 Å². The predicted octanol–water partition coefficient (Wildman–Crippen LogP) is 5.11. The minimum absolute atomic E-state index is 0.120. The fourth-order valence-corrected chi connectivity index (χ4v) is 3.25. The van der Waals surface area contributed by atoms with E-state index in [0.717, 1.165) is 12.1 Å². The maximum Gasteiger partial charge on any atom is 0.257 e. The van der Waals surface area contributed by atoms with Gasteiger partial charge >= 0.3 is 0 Å². The number of nitrogens with zero attached hydrogens (tertiary/aromatic N) is 1. The fourth-order valence-electron chi connectivity index (χ4n) is 2.38. The van der Waals surface area contributed by atoms with Crippen LogP contribution in [0.5, 0.6) is 0 Å². The molecule has 3 nitrogen and oxygen atoms in total. The summed E-state index contributed by atoms with van der Waals surface area (Å²) in [4.78, 5) is 16.8. The van der Waals surface area contributed by atoms with Crippen LogP contribution in [-0.2, 0) is 6.42 Å². The van der Waals surface area contributed by atoms with Crippen molar-refractivity contribution in [2.75, 3.05) is 5.32 Å². The summed E-state index contributed by atoms with van der Waals surface area (Å²) >= 11 is 1.46. The first kappa shape index (κ1) is 16.4. The molecule has 0 aliphatic rings. The van der Waals surface area contributed by atoms with Crippen molar-refractivity contribution in [1.82, 2.24) is 4.98 Å². The minimum Gasteiger partial charge on any atom is -0.298 e. The van der Waals surface area contributed by atoms with Crippen molar-refractivity contribution in [3.05, 3.63) is 82.4 Å². The van der Waals surface area contributed by atoms with Crippen molar-refractivity contribution in [3.8, 4) is 0 Å². The summed E-state index contributed by atoms with van der Waals surface area (Å²) in [5, 5.41) is 5.51. The lowest BCUT2D eigenvalue weighted by Crippen LogP contribution is -2.11. The van der Waals surface area contributed by atoms with Crippen LogP contribution in [0.4, 0.5) is 5.13 Å². The van der Waals surface area contributed by atoms with Crippen molar-refractivity contribution in [2.24, 2.45) is 0 Å². The van der Waals surface area contributed by atoms with Crippen molar-refractivity contribution >= 4 is 22.4 Å². The van der Waals surface area contributed by atoms with Crippen LogP contribution >= 0.6 is 11.3 Å². The van der Waals surface area contributed by atoms with E-state index < -0.39 is 0 Å². The monoisotopic (exact) mass is 336 g/mol. The Bertz CT molecular complexity index is 807. The van der Waals surface area contributed by atoms with E-state index >= 15 is 0 Å². The third-order valence-corrected chi connectivity index (χ3v) is 4.58. The molecule has 0 atom stereocenters. The third-order valence-electron chi connectivity index (χ3n) is 3.80. The van der Waals surface area contributed by atoms with Crippen molar-refractivity contribution in [2.45, 2.75) is 26.2 Å². The molecule has 0 saturated heterocycles. The molecule has 0 saturated carbocycles. The summed E-state index contributed by atoms with van der Waals surface area (Å²) in [6, 6.07) is 18.0. The van der Waals surface area contributed by atoms with E-state index in [0.29, 0.717) is 16.6 Å². The van der Waals surface area contributed by atoms with E-state index in [1.165, 1.54) is 22.5 Å². The van der Waals surface area contributed by atoms with Gasteiger partial charge in [-0.15, -0.1) is 11.3 Å². The molecule has 0 spiro atoms.